The summed E-state index contributed by atoms with van der Waals surface area (Å²) in [5.41, 5.74) is 0.192. The molecule has 1 amide bonds. The van der Waals surface area contributed by atoms with Crippen molar-refractivity contribution < 1.29 is 27.1 Å². The first-order valence-corrected chi connectivity index (χ1v) is 11.6. The maximum absolute atomic E-state index is 13.4. The molecule has 1 saturated heterocycles. The Bertz CT molecular complexity index is 1120. The Morgan fingerprint density at radius 1 is 1.16 bits per heavy atom. The van der Waals surface area contributed by atoms with E-state index < -0.39 is 21.3 Å². The number of piperidine rings is 1. The minimum absolute atomic E-state index is 0.0604. The minimum Gasteiger partial charge on any atom is -0.454 e. The lowest BCUT2D eigenvalue weighted by atomic mass is 9.80. The molecule has 0 bridgehead atoms. The minimum atomic E-state index is -3.81. The van der Waals surface area contributed by atoms with Crippen LogP contribution in [0.4, 0.5) is 4.39 Å². The molecule has 0 atom stereocenters. The molecule has 4 rings (SSSR count). The third-order valence-electron chi connectivity index (χ3n) is 5.79. The van der Waals surface area contributed by atoms with Crippen molar-refractivity contribution in [3.63, 3.8) is 0 Å². The van der Waals surface area contributed by atoms with E-state index in [0.717, 1.165) is 17.7 Å². The fraction of sp³-hybridized carbons (Fsp3) is 0.381. The molecule has 2 aliphatic heterocycles. The highest BCUT2D eigenvalue weighted by Crippen LogP contribution is 2.35. The molecule has 10 heteroatoms. The summed E-state index contributed by atoms with van der Waals surface area (Å²) in [6.45, 7) is 2.73. The Morgan fingerprint density at radius 2 is 1.87 bits per heavy atom. The Morgan fingerprint density at radius 3 is 2.58 bits per heavy atom. The molecule has 0 saturated carbocycles. The number of carbonyl (C=O) groups is 1. The van der Waals surface area contributed by atoms with Crippen LogP contribution in [0.25, 0.3) is 0 Å². The largest absolute Gasteiger partial charge is 0.454 e. The molecular formula is C21H22ClFN2O5S. The van der Waals surface area contributed by atoms with Crippen LogP contribution in [0.5, 0.6) is 11.5 Å². The molecule has 2 heterocycles. The molecule has 0 aromatic heterocycles. The van der Waals surface area contributed by atoms with Gasteiger partial charge in [-0.25, -0.2) is 12.8 Å². The van der Waals surface area contributed by atoms with Crippen molar-refractivity contribution >= 4 is 27.5 Å². The number of sulfonamides is 1. The zero-order chi connectivity index (χ0) is 22.2. The molecule has 0 spiro atoms. The Kier molecular flexibility index (Phi) is 5.85. The number of nitrogens with zero attached hydrogens (tertiary/aromatic N) is 1. The monoisotopic (exact) mass is 468 g/mol. The predicted molar refractivity (Wildman–Crippen MR) is 112 cm³/mol. The molecule has 0 aliphatic carbocycles. The van der Waals surface area contributed by atoms with E-state index in [1.54, 1.807) is 6.07 Å². The summed E-state index contributed by atoms with van der Waals surface area (Å²) >= 11 is 5.74. The number of halogens is 2. The van der Waals surface area contributed by atoms with Gasteiger partial charge in [0.25, 0.3) is 0 Å². The number of nitrogens with one attached hydrogen (secondary N) is 1. The van der Waals surface area contributed by atoms with Gasteiger partial charge in [0, 0.05) is 25.0 Å². The van der Waals surface area contributed by atoms with Gasteiger partial charge in [0.2, 0.25) is 22.7 Å². The second-order valence-corrected chi connectivity index (χ2v) is 10.3. The molecule has 2 aromatic rings. The van der Waals surface area contributed by atoms with Crippen molar-refractivity contribution in [2.45, 2.75) is 31.2 Å². The Labute approximate surface area is 185 Å². The highest BCUT2D eigenvalue weighted by Gasteiger charge is 2.40. The molecule has 166 valence electrons. The maximum atomic E-state index is 13.4. The van der Waals surface area contributed by atoms with Gasteiger partial charge in [0.05, 0.1) is 9.92 Å². The van der Waals surface area contributed by atoms with Crippen LogP contribution in [-0.4, -0.2) is 38.5 Å². The molecule has 2 aliphatic rings. The van der Waals surface area contributed by atoms with Gasteiger partial charge in [0.15, 0.2) is 11.5 Å². The van der Waals surface area contributed by atoms with E-state index in [-0.39, 0.29) is 35.7 Å². The summed E-state index contributed by atoms with van der Waals surface area (Å²) < 4.78 is 51.0. The van der Waals surface area contributed by atoms with Gasteiger partial charge in [-0.2, -0.15) is 4.31 Å². The average molecular weight is 469 g/mol. The Balaban J connectivity index is 1.37. The summed E-state index contributed by atoms with van der Waals surface area (Å²) in [6, 6.07) is 8.83. The molecule has 31 heavy (non-hydrogen) atoms. The van der Waals surface area contributed by atoms with E-state index in [1.165, 1.54) is 10.4 Å². The standard InChI is InChI=1S/C21H22ClFN2O5S/c1-21(20(26)24-12-14-2-5-18-19(10-14)30-13-29-18)6-8-25(9-7-21)31(27,28)15-3-4-17(23)16(22)11-15/h2-5,10-11H,6-9,12-13H2,1H3,(H,24,26). The lowest BCUT2D eigenvalue weighted by Gasteiger charge is -2.37. The van der Waals surface area contributed by atoms with Crippen LogP contribution in [0, 0.1) is 11.2 Å². The van der Waals surface area contributed by atoms with Crippen LogP contribution < -0.4 is 14.8 Å². The Hall–Kier alpha value is -2.36. The van der Waals surface area contributed by atoms with Crippen LogP contribution in [0.15, 0.2) is 41.3 Å². The lowest BCUT2D eigenvalue weighted by Crippen LogP contribution is -2.48. The second kappa shape index (κ2) is 8.29. The summed E-state index contributed by atoms with van der Waals surface area (Å²) in [5.74, 6) is 0.522. The quantitative estimate of drug-likeness (QED) is 0.727. The van der Waals surface area contributed by atoms with E-state index in [9.17, 15) is 17.6 Å². The van der Waals surface area contributed by atoms with Gasteiger partial charge in [-0.1, -0.05) is 24.6 Å². The fourth-order valence-corrected chi connectivity index (χ4v) is 5.39. The van der Waals surface area contributed by atoms with E-state index in [0.29, 0.717) is 30.9 Å². The first-order chi connectivity index (χ1) is 14.7. The molecule has 7 nitrogen and oxygen atoms in total. The number of fused-ring (bicyclic) bond motifs is 1. The van der Waals surface area contributed by atoms with Gasteiger partial charge >= 0.3 is 0 Å². The number of amides is 1. The third kappa shape index (κ3) is 4.35. The summed E-state index contributed by atoms with van der Waals surface area (Å²) in [6.07, 6.45) is 0.738. The van der Waals surface area contributed by atoms with Crippen LogP contribution in [-0.2, 0) is 21.4 Å². The zero-order valence-corrected chi connectivity index (χ0v) is 18.4. The van der Waals surface area contributed by atoms with Gasteiger partial charge < -0.3 is 14.8 Å². The van der Waals surface area contributed by atoms with E-state index in [4.69, 9.17) is 21.1 Å². The van der Waals surface area contributed by atoms with E-state index in [2.05, 4.69) is 5.32 Å². The number of rotatable bonds is 5. The van der Waals surface area contributed by atoms with Gasteiger partial charge in [-0.15, -0.1) is 0 Å². The summed E-state index contributed by atoms with van der Waals surface area (Å²) in [7, 11) is -3.81. The van der Waals surface area contributed by atoms with Crippen LogP contribution in [0.2, 0.25) is 5.02 Å². The van der Waals surface area contributed by atoms with Crippen molar-refractivity contribution in [1.29, 1.82) is 0 Å². The molecule has 1 fully saturated rings. The number of hydrogen-bond acceptors (Lipinski definition) is 5. The van der Waals surface area contributed by atoms with Gasteiger partial charge in [0.1, 0.15) is 5.82 Å². The van der Waals surface area contributed by atoms with Crippen molar-refractivity contribution in [1.82, 2.24) is 9.62 Å². The topological polar surface area (TPSA) is 84.9 Å². The predicted octanol–water partition coefficient (Wildman–Crippen LogP) is 3.32. The molecular weight excluding hydrogens is 447 g/mol. The zero-order valence-electron chi connectivity index (χ0n) is 16.9. The lowest BCUT2D eigenvalue weighted by molar-refractivity contribution is -0.132. The fourth-order valence-electron chi connectivity index (χ4n) is 3.68. The van der Waals surface area contributed by atoms with Gasteiger partial charge in [-0.3, -0.25) is 4.79 Å². The maximum Gasteiger partial charge on any atom is 0.243 e. The van der Waals surface area contributed by atoms with Crippen molar-refractivity contribution in [2.75, 3.05) is 19.9 Å². The van der Waals surface area contributed by atoms with E-state index >= 15 is 0 Å². The second-order valence-electron chi connectivity index (χ2n) is 7.91. The molecule has 1 N–H and O–H groups in total. The number of hydrogen-bond donors (Lipinski definition) is 1. The van der Waals surface area contributed by atoms with Crippen molar-refractivity contribution in [2.24, 2.45) is 5.41 Å². The van der Waals surface area contributed by atoms with E-state index in [1.807, 2.05) is 19.1 Å². The summed E-state index contributed by atoms with van der Waals surface area (Å²) in [4.78, 5) is 12.8. The normalized spacial score (nSPS) is 18.0. The molecule has 2 aromatic carbocycles. The van der Waals surface area contributed by atoms with Crippen molar-refractivity contribution in [3.05, 3.63) is 52.8 Å². The highest BCUT2D eigenvalue weighted by molar-refractivity contribution is 7.89. The summed E-state index contributed by atoms with van der Waals surface area (Å²) in [5, 5.41) is 2.69. The van der Waals surface area contributed by atoms with Crippen LogP contribution in [0.1, 0.15) is 25.3 Å². The SMILES string of the molecule is CC1(C(=O)NCc2ccc3c(c2)OCO3)CCN(S(=O)(=O)c2ccc(F)c(Cl)c2)CC1. The number of benzene rings is 2. The number of carbonyl (C=O) groups excluding carboxylic acids is 1. The van der Waals surface area contributed by atoms with Crippen LogP contribution >= 0.6 is 11.6 Å². The van der Waals surface area contributed by atoms with Crippen LogP contribution in [0.3, 0.4) is 0 Å². The smallest absolute Gasteiger partial charge is 0.243 e. The highest BCUT2D eigenvalue weighted by atomic mass is 35.5. The first-order valence-electron chi connectivity index (χ1n) is 9.81. The number of ether oxygens (including phenoxy) is 2. The molecule has 0 unspecified atom stereocenters. The average Bonchev–Trinajstić information content (AvgIpc) is 3.22. The third-order valence-corrected chi connectivity index (χ3v) is 7.98. The molecule has 0 radical (unpaired) electrons. The van der Waals surface area contributed by atoms with Crippen molar-refractivity contribution in [3.8, 4) is 11.5 Å². The van der Waals surface area contributed by atoms with Gasteiger partial charge in [-0.05, 0) is 48.7 Å². The first kappa shape index (κ1) is 21.9.